The van der Waals surface area contributed by atoms with E-state index in [0.29, 0.717) is 12.2 Å². The van der Waals surface area contributed by atoms with E-state index >= 15 is 0 Å². The Morgan fingerprint density at radius 2 is 1.79 bits per heavy atom. The van der Waals surface area contributed by atoms with Gasteiger partial charge in [-0.15, -0.1) is 0 Å². The van der Waals surface area contributed by atoms with Gasteiger partial charge in [-0.2, -0.15) is 0 Å². The average Bonchev–Trinajstić information content (AvgIpc) is 2.99. The van der Waals surface area contributed by atoms with Gasteiger partial charge >= 0.3 is 11.8 Å². The fourth-order valence-corrected chi connectivity index (χ4v) is 3.66. The highest BCUT2D eigenvalue weighted by molar-refractivity contribution is 6.43. The molecule has 4 rings (SSSR count). The first-order valence-corrected chi connectivity index (χ1v) is 8.76. The molecule has 0 saturated heterocycles. The van der Waals surface area contributed by atoms with Crippen LogP contribution in [-0.4, -0.2) is 29.2 Å². The number of aryl methyl sites for hydroxylation is 1. The number of carbonyl (C=O) groups is 3. The maximum atomic E-state index is 12.3. The van der Waals surface area contributed by atoms with Crippen molar-refractivity contribution in [1.29, 1.82) is 0 Å². The minimum Gasteiger partial charge on any atom is -0.318 e. The van der Waals surface area contributed by atoms with E-state index in [4.69, 9.17) is 0 Å². The van der Waals surface area contributed by atoms with Crippen LogP contribution in [0.1, 0.15) is 17.5 Å². The summed E-state index contributed by atoms with van der Waals surface area (Å²) in [5.74, 6) is -1.92. The van der Waals surface area contributed by atoms with Crippen molar-refractivity contribution in [2.45, 2.75) is 19.3 Å². The van der Waals surface area contributed by atoms with Crippen LogP contribution in [0.15, 0.2) is 36.4 Å². The Morgan fingerprint density at radius 3 is 2.57 bits per heavy atom. The molecular formula is C19H16N4O5. The molecule has 0 atom stereocenters. The van der Waals surface area contributed by atoms with Crippen LogP contribution >= 0.6 is 0 Å². The van der Waals surface area contributed by atoms with E-state index in [9.17, 15) is 24.5 Å². The van der Waals surface area contributed by atoms with Crippen LogP contribution in [-0.2, 0) is 27.2 Å². The van der Waals surface area contributed by atoms with Gasteiger partial charge in [-0.1, -0.05) is 12.1 Å². The molecule has 3 amide bonds. The molecular weight excluding hydrogens is 364 g/mol. The molecule has 2 aliphatic heterocycles. The summed E-state index contributed by atoms with van der Waals surface area (Å²) in [6, 6.07) is 9.03. The second kappa shape index (κ2) is 6.76. The Kier molecular flexibility index (Phi) is 4.26. The fourth-order valence-electron chi connectivity index (χ4n) is 3.66. The minimum absolute atomic E-state index is 0.0357. The highest BCUT2D eigenvalue weighted by Crippen LogP contribution is 2.38. The van der Waals surface area contributed by atoms with E-state index in [1.54, 1.807) is 17.0 Å². The number of amides is 3. The zero-order valence-corrected chi connectivity index (χ0v) is 14.7. The second-order valence-electron chi connectivity index (χ2n) is 6.65. The molecule has 2 heterocycles. The molecule has 9 heteroatoms. The highest BCUT2D eigenvalue weighted by atomic mass is 16.6. The number of rotatable bonds is 3. The van der Waals surface area contributed by atoms with Gasteiger partial charge in [-0.25, -0.2) is 0 Å². The smallest absolute Gasteiger partial charge is 0.314 e. The second-order valence-corrected chi connectivity index (χ2v) is 6.65. The largest absolute Gasteiger partial charge is 0.318 e. The SMILES string of the molecule is O=C(Nc1cc2c3c(c1)CC(=O)N3CCC2)C(=O)Nc1ccccc1[N+](=O)[O-]. The highest BCUT2D eigenvalue weighted by Gasteiger charge is 2.32. The van der Waals surface area contributed by atoms with Crippen molar-refractivity contribution in [3.8, 4) is 0 Å². The standard InChI is InChI=1S/C19H16N4O5/c24-16-10-12-9-13(8-11-4-3-7-22(16)17(11)12)20-18(25)19(26)21-14-5-1-2-6-15(14)23(27)28/h1-2,5-6,8-9H,3-4,7,10H2,(H,20,25)(H,21,26). The first-order valence-electron chi connectivity index (χ1n) is 8.76. The van der Waals surface area contributed by atoms with E-state index in [1.165, 1.54) is 24.3 Å². The minimum atomic E-state index is -1.01. The van der Waals surface area contributed by atoms with Crippen molar-refractivity contribution >= 4 is 40.5 Å². The van der Waals surface area contributed by atoms with Crippen molar-refractivity contribution in [2.24, 2.45) is 0 Å². The lowest BCUT2D eigenvalue weighted by Gasteiger charge is -2.26. The molecule has 0 saturated carbocycles. The van der Waals surface area contributed by atoms with Gasteiger partial charge in [-0.05, 0) is 42.2 Å². The third-order valence-corrected chi connectivity index (χ3v) is 4.82. The Morgan fingerprint density at radius 1 is 1.07 bits per heavy atom. The maximum Gasteiger partial charge on any atom is 0.314 e. The Bertz CT molecular complexity index is 1030. The normalized spacial score (nSPS) is 14.4. The van der Waals surface area contributed by atoms with E-state index in [2.05, 4.69) is 10.6 Å². The van der Waals surface area contributed by atoms with Crippen LogP contribution in [0, 0.1) is 10.1 Å². The van der Waals surface area contributed by atoms with Crippen molar-refractivity contribution in [2.75, 3.05) is 22.1 Å². The van der Waals surface area contributed by atoms with Crippen molar-refractivity contribution < 1.29 is 19.3 Å². The molecule has 2 aromatic rings. The summed E-state index contributed by atoms with van der Waals surface area (Å²) in [6.45, 7) is 0.697. The summed E-state index contributed by atoms with van der Waals surface area (Å²) < 4.78 is 0. The average molecular weight is 380 g/mol. The molecule has 0 radical (unpaired) electrons. The van der Waals surface area contributed by atoms with Gasteiger partial charge in [0.05, 0.1) is 17.0 Å². The van der Waals surface area contributed by atoms with Crippen molar-refractivity contribution in [3.05, 3.63) is 57.6 Å². The molecule has 0 bridgehead atoms. The summed E-state index contributed by atoms with van der Waals surface area (Å²) in [5, 5.41) is 15.8. The quantitative estimate of drug-likeness (QED) is 0.479. The number of hydrogen-bond donors (Lipinski definition) is 2. The summed E-state index contributed by atoms with van der Waals surface area (Å²) >= 11 is 0. The summed E-state index contributed by atoms with van der Waals surface area (Å²) in [5.41, 5.74) is 2.77. The third-order valence-electron chi connectivity index (χ3n) is 4.82. The van der Waals surface area contributed by atoms with Gasteiger partial charge in [-0.3, -0.25) is 24.5 Å². The predicted molar refractivity (Wildman–Crippen MR) is 101 cm³/mol. The molecule has 0 aliphatic carbocycles. The van der Waals surface area contributed by atoms with Gasteiger partial charge in [0.15, 0.2) is 0 Å². The monoisotopic (exact) mass is 380 g/mol. The summed E-state index contributed by atoms with van der Waals surface area (Å²) in [6.07, 6.45) is 1.90. The number of anilines is 3. The zero-order chi connectivity index (χ0) is 19.8. The number of hydrogen-bond acceptors (Lipinski definition) is 5. The van der Waals surface area contributed by atoms with Crippen molar-refractivity contribution in [1.82, 2.24) is 0 Å². The molecule has 0 unspecified atom stereocenters. The van der Waals surface area contributed by atoms with Crippen LogP contribution in [0.2, 0.25) is 0 Å². The van der Waals surface area contributed by atoms with Gasteiger partial charge in [0.1, 0.15) is 5.69 Å². The van der Waals surface area contributed by atoms with E-state index < -0.39 is 16.7 Å². The number of nitro groups is 1. The van der Waals surface area contributed by atoms with Crippen LogP contribution in [0.3, 0.4) is 0 Å². The van der Waals surface area contributed by atoms with E-state index in [-0.39, 0.29) is 23.7 Å². The Hall–Kier alpha value is -3.75. The number of nitrogens with one attached hydrogen (secondary N) is 2. The molecule has 9 nitrogen and oxygen atoms in total. The summed E-state index contributed by atoms with van der Waals surface area (Å²) in [7, 11) is 0. The van der Waals surface area contributed by atoms with Gasteiger partial charge in [0.2, 0.25) is 5.91 Å². The zero-order valence-electron chi connectivity index (χ0n) is 14.7. The van der Waals surface area contributed by atoms with Crippen LogP contribution in [0.25, 0.3) is 0 Å². The van der Waals surface area contributed by atoms with Crippen LogP contribution < -0.4 is 15.5 Å². The number of nitro benzene ring substituents is 1. The van der Waals surface area contributed by atoms with E-state index in [1.807, 2.05) is 0 Å². The third kappa shape index (κ3) is 3.07. The van der Waals surface area contributed by atoms with Gasteiger partial charge in [0.25, 0.3) is 5.69 Å². The lowest BCUT2D eigenvalue weighted by Crippen LogP contribution is -2.31. The topological polar surface area (TPSA) is 122 Å². The maximum absolute atomic E-state index is 12.3. The van der Waals surface area contributed by atoms with Crippen molar-refractivity contribution in [3.63, 3.8) is 0 Å². The lowest BCUT2D eigenvalue weighted by molar-refractivity contribution is -0.383. The van der Waals surface area contributed by atoms with Gasteiger partial charge in [0, 0.05) is 18.3 Å². The molecule has 2 aliphatic rings. The molecule has 0 aromatic heterocycles. The number of para-hydroxylation sites is 2. The lowest BCUT2D eigenvalue weighted by atomic mass is 9.99. The Labute approximate surface area is 159 Å². The number of nitrogens with zero attached hydrogens (tertiary/aromatic N) is 2. The van der Waals surface area contributed by atoms with Gasteiger partial charge < -0.3 is 15.5 Å². The first-order chi connectivity index (χ1) is 13.4. The number of benzene rings is 2. The Balaban J connectivity index is 1.52. The number of carbonyl (C=O) groups excluding carboxylic acids is 3. The van der Waals surface area contributed by atoms with E-state index in [0.717, 1.165) is 29.7 Å². The summed E-state index contributed by atoms with van der Waals surface area (Å²) in [4.78, 5) is 48.7. The molecule has 2 N–H and O–H groups in total. The molecule has 0 spiro atoms. The molecule has 0 fully saturated rings. The predicted octanol–water partition coefficient (Wildman–Crippen LogP) is 2.01. The molecule has 2 aromatic carbocycles. The van der Waals surface area contributed by atoms with Crippen LogP contribution in [0.5, 0.6) is 0 Å². The first kappa shape index (κ1) is 17.7. The molecule has 142 valence electrons. The fraction of sp³-hybridized carbons (Fsp3) is 0.211. The molecule has 28 heavy (non-hydrogen) atoms. The van der Waals surface area contributed by atoms with Crippen LogP contribution in [0.4, 0.5) is 22.7 Å².